The lowest BCUT2D eigenvalue weighted by Crippen LogP contribution is -2.43. The molecule has 1 heterocycles. The number of sulfonamides is 1. The Bertz CT molecular complexity index is 615. The Balaban J connectivity index is 2.56. The van der Waals surface area contributed by atoms with Gasteiger partial charge in [-0.3, -0.25) is 9.30 Å². The molecule has 0 fully saturated rings. The number of anilines is 1. The summed E-state index contributed by atoms with van der Waals surface area (Å²) in [6.45, 7) is 1.58. The second-order valence-corrected chi connectivity index (χ2v) is 6.56. The van der Waals surface area contributed by atoms with Crippen LogP contribution in [0.15, 0.2) is 23.2 Å². The maximum atomic E-state index is 13.8. The summed E-state index contributed by atoms with van der Waals surface area (Å²) in [5.74, 6) is -0.795. The second kappa shape index (κ2) is 3.94. The molecular weight excluding hydrogens is 257 g/mol. The zero-order valence-corrected chi connectivity index (χ0v) is 10.9. The van der Waals surface area contributed by atoms with Crippen LogP contribution in [0, 0.1) is 5.82 Å². The summed E-state index contributed by atoms with van der Waals surface area (Å²) in [7, 11) is -2.07. The van der Waals surface area contributed by atoms with Gasteiger partial charge in [-0.2, -0.15) is 0 Å². The first-order valence-electron chi connectivity index (χ1n) is 5.31. The number of hydrogen-bond donors (Lipinski definition) is 1. The van der Waals surface area contributed by atoms with Crippen LogP contribution in [0.25, 0.3) is 0 Å². The molecule has 0 spiro atoms. The van der Waals surface area contributed by atoms with Crippen LogP contribution in [0.3, 0.4) is 0 Å². The van der Waals surface area contributed by atoms with Gasteiger partial charge in [0.25, 0.3) is 0 Å². The molecule has 0 saturated heterocycles. The lowest BCUT2D eigenvalue weighted by atomic mass is 9.94. The molecule has 0 aromatic heterocycles. The molecule has 18 heavy (non-hydrogen) atoms. The van der Waals surface area contributed by atoms with Crippen molar-refractivity contribution in [2.45, 2.75) is 12.5 Å². The van der Waals surface area contributed by atoms with E-state index >= 15 is 0 Å². The van der Waals surface area contributed by atoms with Gasteiger partial charge in [0.1, 0.15) is 11.4 Å². The molecule has 98 valence electrons. The van der Waals surface area contributed by atoms with E-state index in [-0.39, 0.29) is 11.3 Å². The monoisotopic (exact) mass is 271 g/mol. The van der Waals surface area contributed by atoms with E-state index in [9.17, 15) is 12.8 Å². The summed E-state index contributed by atoms with van der Waals surface area (Å²) in [5, 5.41) is 0. The average molecular weight is 271 g/mol. The number of aliphatic imine (C=N–C) groups is 1. The number of benzene rings is 1. The van der Waals surface area contributed by atoms with Crippen LogP contribution in [0.5, 0.6) is 0 Å². The van der Waals surface area contributed by atoms with Gasteiger partial charge in [0.2, 0.25) is 10.0 Å². The minimum absolute atomic E-state index is 0.190. The molecule has 0 saturated carbocycles. The summed E-state index contributed by atoms with van der Waals surface area (Å²) in [6.07, 6.45) is 1.20. The van der Waals surface area contributed by atoms with Gasteiger partial charge in [-0.05, 0) is 25.1 Å². The number of nitrogen functional groups attached to an aromatic ring is 1. The van der Waals surface area contributed by atoms with Crippen molar-refractivity contribution in [3.63, 3.8) is 0 Å². The third-order valence-corrected chi connectivity index (χ3v) is 4.88. The second-order valence-electron chi connectivity index (χ2n) is 4.53. The molecule has 0 bridgehead atoms. The topological polar surface area (TPSA) is 75.8 Å². The van der Waals surface area contributed by atoms with Gasteiger partial charge in [-0.25, -0.2) is 12.8 Å². The standard InChI is InChI=1S/C11H14FN3O2S/c1-11(6-18(16,17)15(2)7-14-11)9-5-8(13)3-4-10(9)12/h3-5,7H,6,13H2,1-2H3. The SMILES string of the molecule is CN1C=NC(C)(c2cc(N)ccc2F)CS1(=O)=O. The Labute approximate surface area is 105 Å². The number of hydrogen-bond acceptors (Lipinski definition) is 4. The molecule has 2 rings (SSSR count). The van der Waals surface area contributed by atoms with E-state index in [0.29, 0.717) is 5.69 Å². The third-order valence-electron chi connectivity index (χ3n) is 2.98. The van der Waals surface area contributed by atoms with Gasteiger partial charge in [0.15, 0.2) is 0 Å². The third kappa shape index (κ3) is 2.05. The summed E-state index contributed by atoms with van der Waals surface area (Å²) < 4.78 is 38.5. The van der Waals surface area contributed by atoms with Crippen LogP contribution in [-0.2, 0) is 15.6 Å². The van der Waals surface area contributed by atoms with Gasteiger partial charge in [-0.1, -0.05) is 0 Å². The average Bonchev–Trinajstić information content (AvgIpc) is 2.27. The molecule has 0 amide bonds. The van der Waals surface area contributed by atoms with E-state index in [2.05, 4.69) is 4.99 Å². The fraction of sp³-hybridized carbons (Fsp3) is 0.364. The normalized spacial score (nSPS) is 26.3. The van der Waals surface area contributed by atoms with Crippen molar-refractivity contribution >= 4 is 22.0 Å². The van der Waals surface area contributed by atoms with Gasteiger partial charge in [0, 0.05) is 18.3 Å². The van der Waals surface area contributed by atoms with Crippen molar-refractivity contribution in [1.82, 2.24) is 4.31 Å². The molecule has 0 radical (unpaired) electrons. The van der Waals surface area contributed by atoms with Crippen molar-refractivity contribution in [2.75, 3.05) is 18.5 Å². The Morgan fingerprint density at radius 3 is 2.78 bits per heavy atom. The van der Waals surface area contributed by atoms with Crippen LogP contribution in [0.1, 0.15) is 12.5 Å². The van der Waals surface area contributed by atoms with Crippen LogP contribution >= 0.6 is 0 Å². The first-order chi connectivity index (χ1) is 8.24. The molecule has 1 aromatic rings. The van der Waals surface area contributed by atoms with Gasteiger partial charge < -0.3 is 5.73 Å². The predicted molar refractivity (Wildman–Crippen MR) is 68.2 cm³/mol. The highest BCUT2D eigenvalue weighted by atomic mass is 32.2. The highest BCUT2D eigenvalue weighted by Gasteiger charge is 2.38. The first-order valence-corrected chi connectivity index (χ1v) is 6.92. The zero-order valence-electron chi connectivity index (χ0n) is 10.1. The van der Waals surface area contributed by atoms with Crippen molar-refractivity contribution < 1.29 is 12.8 Å². The van der Waals surface area contributed by atoms with Crippen LogP contribution < -0.4 is 5.73 Å². The summed E-state index contributed by atoms with van der Waals surface area (Å²) in [6, 6.07) is 4.07. The molecule has 1 aliphatic heterocycles. The van der Waals surface area contributed by atoms with Crippen molar-refractivity contribution in [1.29, 1.82) is 0 Å². The largest absolute Gasteiger partial charge is 0.399 e. The Morgan fingerprint density at radius 2 is 2.17 bits per heavy atom. The van der Waals surface area contributed by atoms with Crippen LogP contribution in [-0.4, -0.2) is 31.9 Å². The summed E-state index contributed by atoms with van der Waals surface area (Å²) >= 11 is 0. The molecule has 1 aliphatic rings. The van der Waals surface area contributed by atoms with E-state index < -0.39 is 21.4 Å². The molecule has 0 aliphatic carbocycles. The van der Waals surface area contributed by atoms with Crippen LogP contribution in [0.4, 0.5) is 10.1 Å². The number of nitrogens with two attached hydrogens (primary N) is 1. The lowest BCUT2D eigenvalue weighted by molar-refractivity contribution is 0.465. The van der Waals surface area contributed by atoms with E-state index in [0.717, 1.165) is 4.31 Å². The van der Waals surface area contributed by atoms with Gasteiger partial charge in [0.05, 0.1) is 12.1 Å². The molecule has 5 nitrogen and oxygen atoms in total. The molecule has 1 aromatic carbocycles. The highest BCUT2D eigenvalue weighted by Crippen LogP contribution is 2.33. The number of rotatable bonds is 1. The van der Waals surface area contributed by atoms with E-state index in [1.54, 1.807) is 6.92 Å². The smallest absolute Gasteiger partial charge is 0.238 e. The highest BCUT2D eigenvalue weighted by molar-refractivity contribution is 7.89. The summed E-state index contributed by atoms with van der Waals surface area (Å²) in [5.41, 5.74) is 5.03. The van der Waals surface area contributed by atoms with E-state index in [4.69, 9.17) is 5.73 Å². The van der Waals surface area contributed by atoms with Crippen molar-refractivity contribution in [2.24, 2.45) is 4.99 Å². The maximum Gasteiger partial charge on any atom is 0.238 e. The maximum absolute atomic E-state index is 13.8. The van der Waals surface area contributed by atoms with Gasteiger partial charge in [-0.15, -0.1) is 0 Å². The molecular formula is C11H14FN3O2S. The van der Waals surface area contributed by atoms with Crippen molar-refractivity contribution in [3.8, 4) is 0 Å². The minimum Gasteiger partial charge on any atom is -0.399 e. The molecule has 1 unspecified atom stereocenters. The Morgan fingerprint density at radius 1 is 1.50 bits per heavy atom. The summed E-state index contributed by atoms with van der Waals surface area (Å²) in [4.78, 5) is 4.14. The van der Waals surface area contributed by atoms with Crippen LogP contribution in [0.2, 0.25) is 0 Å². The number of nitrogens with zero attached hydrogens (tertiary/aromatic N) is 2. The Hall–Kier alpha value is -1.63. The lowest BCUT2D eigenvalue weighted by Gasteiger charge is -2.32. The first kappa shape index (κ1) is 12.8. The number of halogens is 1. The fourth-order valence-corrected chi connectivity index (χ4v) is 3.21. The quantitative estimate of drug-likeness (QED) is 0.772. The van der Waals surface area contributed by atoms with Crippen molar-refractivity contribution in [3.05, 3.63) is 29.6 Å². The van der Waals surface area contributed by atoms with E-state index in [1.165, 1.54) is 31.6 Å². The Kier molecular flexibility index (Phi) is 2.81. The predicted octanol–water partition coefficient (Wildman–Crippen LogP) is 0.927. The van der Waals surface area contributed by atoms with E-state index in [1.807, 2.05) is 0 Å². The van der Waals surface area contributed by atoms with Gasteiger partial charge >= 0.3 is 0 Å². The minimum atomic E-state index is -3.47. The molecule has 2 N–H and O–H groups in total. The molecule has 7 heteroatoms. The zero-order chi connectivity index (χ0) is 13.6. The fourth-order valence-electron chi connectivity index (χ4n) is 1.88. The molecule has 1 atom stereocenters.